The zero-order valence-electron chi connectivity index (χ0n) is 15.2. The van der Waals surface area contributed by atoms with Gasteiger partial charge in [-0.2, -0.15) is 0 Å². The van der Waals surface area contributed by atoms with E-state index in [2.05, 4.69) is 29.1 Å². The number of nitrogens with zero attached hydrogens (tertiary/aromatic N) is 1. The van der Waals surface area contributed by atoms with Crippen molar-refractivity contribution in [1.29, 1.82) is 0 Å². The number of nitrogens with two attached hydrogens (primary N) is 1. The number of quaternary nitrogens is 1. The number of aromatic nitrogens is 2. The van der Waals surface area contributed by atoms with Gasteiger partial charge in [-0.25, -0.2) is 9.37 Å². The Bertz CT molecular complexity index is 1150. The fourth-order valence-corrected chi connectivity index (χ4v) is 3.46. The highest BCUT2D eigenvalue weighted by molar-refractivity contribution is 6.01. The van der Waals surface area contributed by atoms with E-state index in [0.717, 1.165) is 10.9 Å². The average molecular weight is 366 g/mol. The molecule has 0 amide bonds. The Kier molecular flexibility index (Phi) is 4.49. The average Bonchev–Trinajstić information content (AvgIpc) is 3.03. The van der Waals surface area contributed by atoms with Gasteiger partial charge in [-0.15, -0.1) is 0 Å². The summed E-state index contributed by atoms with van der Waals surface area (Å²) in [5.41, 5.74) is 2.25. The van der Waals surface area contributed by atoms with E-state index in [9.17, 15) is 9.18 Å². The maximum Gasteiger partial charge on any atom is 0.294 e. The van der Waals surface area contributed by atoms with Crippen molar-refractivity contribution in [2.75, 3.05) is 0 Å². The second kappa shape index (κ2) is 6.96. The molecular weight excluding hydrogens is 345 g/mol. The van der Waals surface area contributed by atoms with Crippen LogP contribution >= 0.6 is 0 Å². The van der Waals surface area contributed by atoms with Crippen LogP contribution in [0.5, 0.6) is 0 Å². The molecule has 0 aliphatic heterocycles. The lowest BCUT2D eigenvalue weighted by atomic mass is 9.96. The molecular formula is C21H21FN3O2+. The summed E-state index contributed by atoms with van der Waals surface area (Å²) >= 11 is 0. The lowest BCUT2D eigenvalue weighted by molar-refractivity contribution is -0.718. The lowest BCUT2D eigenvalue weighted by Crippen LogP contribution is -2.85. The maximum absolute atomic E-state index is 13.2. The van der Waals surface area contributed by atoms with Crippen molar-refractivity contribution in [3.63, 3.8) is 0 Å². The van der Waals surface area contributed by atoms with Gasteiger partial charge in [0.2, 0.25) is 5.58 Å². The van der Waals surface area contributed by atoms with Crippen LogP contribution in [0, 0.1) is 11.7 Å². The van der Waals surface area contributed by atoms with Gasteiger partial charge in [-0.1, -0.05) is 38.1 Å². The van der Waals surface area contributed by atoms with Crippen LogP contribution in [0.3, 0.4) is 0 Å². The molecule has 0 aliphatic rings. The van der Waals surface area contributed by atoms with Gasteiger partial charge in [0.05, 0.1) is 0 Å². The first-order chi connectivity index (χ1) is 13.0. The van der Waals surface area contributed by atoms with Crippen molar-refractivity contribution >= 4 is 22.1 Å². The fraction of sp³-hybridized carbons (Fsp3) is 0.238. The van der Waals surface area contributed by atoms with Gasteiger partial charge in [-0.05, 0) is 24.3 Å². The minimum absolute atomic E-state index is 0.132. The number of hydrogen-bond acceptors (Lipinski definition) is 3. The monoisotopic (exact) mass is 366 g/mol. The number of H-pyrrole nitrogens is 1. The van der Waals surface area contributed by atoms with Gasteiger partial charge in [0.15, 0.2) is 5.82 Å². The largest absolute Gasteiger partial charge is 0.449 e. The molecule has 0 fully saturated rings. The predicted molar refractivity (Wildman–Crippen MR) is 102 cm³/mol. The van der Waals surface area contributed by atoms with E-state index in [1.807, 2.05) is 24.3 Å². The molecule has 1 atom stereocenters. The highest BCUT2D eigenvalue weighted by atomic mass is 19.1. The first-order valence-corrected chi connectivity index (χ1v) is 9.02. The third-order valence-electron chi connectivity index (χ3n) is 4.82. The topological polar surface area (TPSA) is 75.5 Å². The quantitative estimate of drug-likeness (QED) is 0.569. The fourth-order valence-electron chi connectivity index (χ4n) is 3.46. The Morgan fingerprint density at radius 1 is 1.15 bits per heavy atom. The van der Waals surface area contributed by atoms with Crippen LogP contribution in [0.2, 0.25) is 0 Å². The summed E-state index contributed by atoms with van der Waals surface area (Å²) in [7, 11) is 0. The van der Waals surface area contributed by atoms with E-state index >= 15 is 0 Å². The summed E-state index contributed by atoms with van der Waals surface area (Å²) in [6.45, 7) is 4.74. The molecule has 0 aliphatic carbocycles. The van der Waals surface area contributed by atoms with Crippen LogP contribution in [0.15, 0.2) is 57.7 Å². The minimum Gasteiger partial charge on any atom is -0.449 e. The molecule has 0 saturated heterocycles. The van der Waals surface area contributed by atoms with Crippen molar-refractivity contribution < 1.29 is 14.1 Å². The number of benzene rings is 2. The summed E-state index contributed by atoms with van der Waals surface area (Å²) in [6.07, 6.45) is 0. The summed E-state index contributed by atoms with van der Waals surface area (Å²) < 4.78 is 18.9. The molecule has 0 radical (unpaired) electrons. The molecule has 2 heterocycles. The Balaban J connectivity index is 1.65. The molecule has 138 valence electrons. The molecule has 2 aromatic carbocycles. The van der Waals surface area contributed by atoms with E-state index < -0.39 is 0 Å². The van der Waals surface area contributed by atoms with Gasteiger partial charge >= 0.3 is 0 Å². The van der Waals surface area contributed by atoms with Gasteiger partial charge in [-0.3, -0.25) is 4.79 Å². The van der Waals surface area contributed by atoms with E-state index in [1.165, 1.54) is 12.1 Å². The summed E-state index contributed by atoms with van der Waals surface area (Å²) in [6, 6.07) is 14.2. The van der Waals surface area contributed by atoms with Gasteiger partial charge < -0.3 is 14.7 Å². The number of fused-ring (bicyclic) bond motifs is 3. The van der Waals surface area contributed by atoms with Crippen LogP contribution in [-0.4, -0.2) is 9.97 Å². The van der Waals surface area contributed by atoms with Crippen LogP contribution in [0.25, 0.3) is 22.1 Å². The highest BCUT2D eigenvalue weighted by Gasteiger charge is 2.20. The molecule has 4 aromatic rings. The minimum atomic E-state index is -0.275. The molecule has 27 heavy (non-hydrogen) atoms. The van der Waals surface area contributed by atoms with Gasteiger partial charge in [0.1, 0.15) is 29.5 Å². The third kappa shape index (κ3) is 3.36. The summed E-state index contributed by atoms with van der Waals surface area (Å²) in [4.78, 5) is 19.8. The smallest absolute Gasteiger partial charge is 0.294 e. The molecule has 6 heteroatoms. The zero-order valence-corrected chi connectivity index (χ0v) is 15.2. The summed E-state index contributed by atoms with van der Waals surface area (Å²) in [5, 5.41) is 2.95. The van der Waals surface area contributed by atoms with Gasteiger partial charge in [0.25, 0.3) is 5.56 Å². The third-order valence-corrected chi connectivity index (χ3v) is 4.82. The number of furan rings is 1. The first-order valence-electron chi connectivity index (χ1n) is 9.02. The van der Waals surface area contributed by atoms with Gasteiger partial charge in [0, 0.05) is 16.9 Å². The summed E-state index contributed by atoms with van der Waals surface area (Å²) in [5.74, 6) is 0.678. The number of aromatic amines is 1. The van der Waals surface area contributed by atoms with E-state index in [4.69, 9.17) is 4.42 Å². The molecule has 0 unspecified atom stereocenters. The van der Waals surface area contributed by atoms with Crippen molar-refractivity contribution in [3.8, 4) is 0 Å². The lowest BCUT2D eigenvalue weighted by Gasteiger charge is -2.19. The van der Waals surface area contributed by atoms with Crippen molar-refractivity contribution in [3.05, 3.63) is 76.1 Å². The molecule has 5 nitrogen and oxygen atoms in total. The van der Waals surface area contributed by atoms with E-state index in [0.29, 0.717) is 29.4 Å². The standard InChI is InChI=1S/C21H20FN3O2/c1-12(2)18(13-7-9-14(22)10-8-13)23-11-17-24-19-15-5-3-4-6-16(15)27-20(19)21(26)25-17/h3-10,12,18,23H,11H2,1-2H3,(H,24,25,26)/p+1/t18-/m0/s1. The van der Waals surface area contributed by atoms with E-state index in [-0.39, 0.29) is 23.0 Å². The SMILES string of the molecule is CC(C)[C@H]([NH2+]Cc1nc2c(oc3ccccc32)c(=O)[nH]1)c1ccc(F)cc1. The molecule has 0 saturated carbocycles. The highest BCUT2D eigenvalue weighted by Crippen LogP contribution is 2.24. The predicted octanol–water partition coefficient (Wildman–Crippen LogP) is 3.27. The van der Waals surface area contributed by atoms with Crippen molar-refractivity contribution in [2.24, 2.45) is 5.92 Å². The number of halogens is 1. The number of hydrogen-bond donors (Lipinski definition) is 2. The second-order valence-corrected chi connectivity index (χ2v) is 7.05. The Labute approximate surface area is 155 Å². The molecule has 0 spiro atoms. The Hall–Kier alpha value is -2.99. The van der Waals surface area contributed by atoms with Crippen LogP contribution < -0.4 is 10.9 Å². The van der Waals surface area contributed by atoms with Crippen molar-refractivity contribution in [1.82, 2.24) is 9.97 Å². The molecule has 4 rings (SSSR count). The normalized spacial score (nSPS) is 12.9. The first kappa shape index (κ1) is 17.4. The van der Waals surface area contributed by atoms with Crippen molar-refractivity contribution in [2.45, 2.75) is 26.4 Å². The zero-order chi connectivity index (χ0) is 19.0. The second-order valence-electron chi connectivity index (χ2n) is 7.05. The van der Waals surface area contributed by atoms with Crippen LogP contribution in [0.4, 0.5) is 4.39 Å². The Morgan fingerprint density at radius 2 is 1.89 bits per heavy atom. The number of nitrogens with one attached hydrogen (secondary N) is 1. The molecule has 3 N–H and O–H groups in total. The number of rotatable bonds is 5. The van der Waals surface area contributed by atoms with Crippen LogP contribution in [0.1, 0.15) is 31.3 Å². The molecule has 0 bridgehead atoms. The Morgan fingerprint density at radius 3 is 2.63 bits per heavy atom. The maximum atomic E-state index is 13.2. The number of para-hydroxylation sites is 1. The molecule has 2 aromatic heterocycles. The van der Waals surface area contributed by atoms with Crippen LogP contribution in [-0.2, 0) is 6.54 Å². The van der Waals surface area contributed by atoms with E-state index in [1.54, 1.807) is 12.1 Å².